The molecule has 1 N–H and O–H groups in total. The molecule has 0 fully saturated rings. The van der Waals surface area contributed by atoms with Gasteiger partial charge in [0.15, 0.2) is 0 Å². The zero-order valence-electron chi connectivity index (χ0n) is 13.2. The summed E-state index contributed by atoms with van der Waals surface area (Å²) in [4.78, 5) is 0. The maximum atomic E-state index is 12.0. The maximum absolute atomic E-state index is 12.0. The van der Waals surface area contributed by atoms with Crippen molar-refractivity contribution >= 4 is 26.0 Å². The molecule has 0 bridgehead atoms. The van der Waals surface area contributed by atoms with E-state index in [9.17, 15) is 8.42 Å². The fraction of sp³-hybridized carbons (Fsp3) is 0.294. The third-order valence-corrected chi connectivity index (χ3v) is 5.39. The second-order valence-corrected chi connectivity index (χ2v) is 8.05. The van der Waals surface area contributed by atoms with Crippen LogP contribution in [0.2, 0.25) is 0 Å². The zero-order chi connectivity index (χ0) is 16.9. The van der Waals surface area contributed by atoms with Gasteiger partial charge in [0, 0.05) is 11.0 Å². The Hall–Kier alpha value is -1.37. The van der Waals surface area contributed by atoms with Gasteiger partial charge in [0.1, 0.15) is 12.4 Å². The van der Waals surface area contributed by atoms with Gasteiger partial charge in [-0.25, -0.2) is 13.1 Å². The molecule has 0 amide bonds. The number of nitrogens with one attached hydrogen (secondary N) is 1. The minimum Gasteiger partial charge on any atom is -0.492 e. The lowest BCUT2D eigenvalue weighted by Gasteiger charge is -2.11. The van der Waals surface area contributed by atoms with Gasteiger partial charge in [-0.2, -0.15) is 0 Å². The lowest BCUT2D eigenvalue weighted by atomic mass is 10.1. The molecule has 4 nitrogen and oxygen atoms in total. The molecule has 0 unspecified atom stereocenters. The Morgan fingerprint density at radius 3 is 2.48 bits per heavy atom. The first kappa shape index (κ1) is 18.0. The molecular formula is C17H20BrNO3S. The highest BCUT2D eigenvalue weighted by Gasteiger charge is 2.11. The summed E-state index contributed by atoms with van der Waals surface area (Å²) < 4.78 is 33.2. The highest BCUT2D eigenvalue weighted by atomic mass is 79.9. The number of rotatable bonds is 7. The van der Waals surface area contributed by atoms with Gasteiger partial charge in [0.05, 0.1) is 5.75 Å². The topological polar surface area (TPSA) is 55.4 Å². The van der Waals surface area contributed by atoms with Crippen LogP contribution in [0.15, 0.2) is 46.9 Å². The van der Waals surface area contributed by atoms with E-state index in [0.29, 0.717) is 6.61 Å². The molecule has 0 spiro atoms. The monoisotopic (exact) mass is 397 g/mol. The van der Waals surface area contributed by atoms with Gasteiger partial charge >= 0.3 is 0 Å². The Labute approximate surface area is 146 Å². The summed E-state index contributed by atoms with van der Waals surface area (Å²) in [5.41, 5.74) is 2.97. The molecule has 124 valence electrons. The van der Waals surface area contributed by atoms with Gasteiger partial charge in [-0.3, -0.25) is 0 Å². The van der Waals surface area contributed by atoms with Crippen LogP contribution in [0.3, 0.4) is 0 Å². The average Bonchev–Trinajstić information content (AvgIpc) is 2.50. The number of aryl methyl sites for hydroxylation is 1. The number of hydrogen-bond acceptors (Lipinski definition) is 3. The molecule has 23 heavy (non-hydrogen) atoms. The molecule has 0 saturated carbocycles. The Morgan fingerprint density at radius 2 is 1.78 bits per heavy atom. The molecule has 0 radical (unpaired) electrons. The maximum Gasteiger partial charge on any atom is 0.215 e. The normalized spacial score (nSPS) is 11.4. The molecule has 6 heteroatoms. The summed E-state index contributed by atoms with van der Waals surface area (Å²) in [5.74, 6) is 0.751. The predicted molar refractivity (Wildman–Crippen MR) is 96.2 cm³/mol. The highest BCUT2D eigenvalue weighted by Crippen LogP contribution is 2.20. The highest BCUT2D eigenvalue weighted by molar-refractivity contribution is 9.10. The molecule has 0 aromatic heterocycles. The molecule has 2 aromatic rings. The molecule has 0 saturated heterocycles. The van der Waals surface area contributed by atoms with Crippen molar-refractivity contribution in [1.29, 1.82) is 0 Å². The van der Waals surface area contributed by atoms with Gasteiger partial charge in [-0.05, 0) is 48.7 Å². The summed E-state index contributed by atoms with van der Waals surface area (Å²) >= 11 is 3.33. The Bertz CT molecular complexity index is 758. The lowest BCUT2D eigenvalue weighted by Crippen LogP contribution is -2.29. The van der Waals surface area contributed by atoms with E-state index in [1.807, 2.05) is 44.2 Å². The van der Waals surface area contributed by atoms with Crippen molar-refractivity contribution < 1.29 is 13.2 Å². The third kappa shape index (κ3) is 5.64. The van der Waals surface area contributed by atoms with Crippen LogP contribution in [0.25, 0.3) is 0 Å². The van der Waals surface area contributed by atoms with Crippen LogP contribution in [0.5, 0.6) is 5.75 Å². The predicted octanol–water partition coefficient (Wildman–Crippen LogP) is 3.56. The molecule has 0 atom stereocenters. The number of benzene rings is 2. The fourth-order valence-electron chi connectivity index (χ4n) is 2.09. The Balaban J connectivity index is 1.83. The molecule has 0 heterocycles. The number of hydrogen-bond donors (Lipinski definition) is 1. The quantitative estimate of drug-likeness (QED) is 0.726. The van der Waals surface area contributed by atoms with Gasteiger partial charge in [0.2, 0.25) is 10.0 Å². The third-order valence-electron chi connectivity index (χ3n) is 3.51. The second-order valence-electron chi connectivity index (χ2n) is 5.33. The van der Waals surface area contributed by atoms with Crippen LogP contribution in [0, 0.1) is 13.8 Å². The van der Waals surface area contributed by atoms with Crippen molar-refractivity contribution in [2.75, 3.05) is 13.2 Å². The van der Waals surface area contributed by atoms with E-state index in [0.717, 1.165) is 26.9 Å². The van der Waals surface area contributed by atoms with E-state index >= 15 is 0 Å². The number of ether oxygens (including phenoxy) is 1. The molecule has 0 aliphatic carbocycles. The van der Waals surface area contributed by atoms with Crippen LogP contribution in [-0.2, 0) is 15.8 Å². The van der Waals surface area contributed by atoms with Crippen LogP contribution in [0.1, 0.15) is 16.7 Å². The van der Waals surface area contributed by atoms with Crippen molar-refractivity contribution in [2.45, 2.75) is 19.6 Å². The van der Waals surface area contributed by atoms with E-state index in [2.05, 4.69) is 20.7 Å². The van der Waals surface area contributed by atoms with E-state index < -0.39 is 10.0 Å². The lowest BCUT2D eigenvalue weighted by molar-refractivity contribution is 0.320. The largest absolute Gasteiger partial charge is 0.492 e. The van der Waals surface area contributed by atoms with Crippen LogP contribution >= 0.6 is 15.9 Å². The fourth-order valence-corrected chi connectivity index (χ4v) is 3.48. The first-order chi connectivity index (χ1) is 10.9. The first-order valence-corrected chi connectivity index (χ1v) is 9.73. The number of sulfonamides is 1. The van der Waals surface area contributed by atoms with E-state index in [4.69, 9.17) is 4.74 Å². The van der Waals surface area contributed by atoms with Crippen LogP contribution in [-0.4, -0.2) is 21.6 Å². The molecular weight excluding hydrogens is 378 g/mol. The smallest absolute Gasteiger partial charge is 0.215 e. The van der Waals surface area contributed by atoms with Crippen molar-refractivity contribution in [3.8, 4) is 5.75 Å². The summed E-state index contributed by atoms with van der Waals surface area (Å²) in [6.45, 7) is 4.54. The minimum absolute atomic E-state index is 0.0379. The van der Waals surface area contributed by atoms with Gasteiger partial charge in [-0.1, -0.05) is 40.2 Å². The van der Waals surface area contributed by atoms with Gasteiger partial charge in [0.25, 0.3) is 0 Å². The van der Waals surface area contributed by atoms with Crippen molar-refractivity contribution in [3.05, 3.63) is 63.6 Å². The summed E-state index contributed by atoms with van der Waals surface area (Å²) in [6, 6.07) is 13.1. The summed E-state index contributed by atoms with van der Waals surface area (Å²) in [5, 5.41) is 0. The Kier molecular flexibility index (Phi) is 6.21. The van der Waals surface area contributed by atoms with Gasteiger partial charge < -0.3 is 4.74 Å². The van der Waals surface area contributed by atoms with Crippen LogP contribution in [0.4, 0.5) is 0 Å². The van der Waals surface area contributed by atoms with Crippen LogP contribution < -0.4 is 9.46 Å². The van der Waals surface area contributed by atoms with Crippen molar-refractivity contribution in [3.63, 3.8) is 0 Å². The van der Waals surface area contributed by atoms with Crippen molar-refractivity contribution in [1.82, 2.24) is 4.72 Å². The molecule has 2 aromatic carbocycles. The molecule has 0 aliphatic rings. The summed E-state index contributed by atoms with van der Waals surface area (Å²) in [6.07, 6.45) is 0. The Morgan fingerprint density at radius 1 is 1.09 bits per heavy atom. The van der Waals surface area contributed by atoms with E-state index in [-0.39, 0.29) is 12.3 Å². The minimum atomic E-state index is -3.37. The SMILES string of the molecule is Cc1cccc(OCCNS(=O)(=O)Cc2ccc(Br)cc2)c1C. The summed E-state index contributed by atoms with van der Waals surface area (Å²) in [7, 11) is -3.37. The average molecular weight is 398 g/mol. The second kappa shape index (κ2) is 7.95. The molecule has 2 rings (SSSR count). The molecule has 0 aliphatic heterocycles. The standard InChI is InChI=1S/C17H20BrNO3S/c1-13-4-3-5-17(14(13)2)22-11-10-19-23(20,21)12-15-6-8-16(18)9-7-15/h3-9,19H,10-12H2,1-2H3. The van der Waals surface area contributed by atoms with E-state index in [1.54, 1.807) is 12.1 Å². The van der Waals surface area contributed by atoms with E-state index in [1.165, 1.54) is 0 Å². The number of halogens is 1. The van der Waals surface area contributed by atoms with Gasteiger partial charge in [-0.15, -0.1) is 0 Å². The first-order valence-electron chi connectivity index (χ1n) is 7.28. The van der Waals surface area contributed by atoms with Crippen molar-refractivity contribution in [2.24, 2.45) is 0 Å². The zero-order valence-corrected chi connectivity index (χ0v) is 15.6.